The summed E-state index contributed by atoms with van der Waals surface area (Å²) >= 11 is 0. The molecule has 21 heavy (non-hydrogen) atoms. The fourth-order valence-corrected chi connectivity index (χ4v) is 2.55. The highest BCUT2D eigenvalue weighted by molar-refractivity contribution is 7.85. The van der Waals surface area contributed by atoms with E-state index in [1.54, 1.807) is 14.0 Å². The number of nitrogens with one attached hydrogen (secondary N) is 1. The lowest BCUT2D eigenvalue weighted by molar-refractivity contribution is -0.120. The standard InChI is InChI=1S/C13H23N3O4S/c1-4-6-12-15-11(16-20-12)9-21(18)10(2)13(17)14-7-5-8-19-3/h10H,4-9H2,1-3H3,(H,14,17). The van der Waals surface area contributed by atoms with Gasteiger partial charge in [0.25, 0.3) is 0 Å². The largest absolute Gasteiger partial charge is 0.385 e. The van der Waals surface area contributed by atoms with Crippen LogP contribution in [0.15, 0.2) is 4.52 Å². The first kappa shape index (κ1) is 17.8. The number of aromatic nitrogens is 2. The van der Waals surface area contributed by atoms with Gasteiger partial charge in [-0.2, -0.15) is 4.98 Å². The number of ether oxygens (including phenoxy) is 1. The van der Waals surface area contributed by atoms with Gasteiger partial charge in [0, 0.05) is 37.5 Å². The molecule has 0 spiro atoms. The summed E-state index contributed by atoms with van der Waals surface area (Å²) in [7, 11) is 0.236. The predicted octanol–water partition coefficient (Wildman–Crippen LogP) is 0.812. The maximum Gasteiger partial charge on any atom is 0.235 e. The van der Waals surface area contributed by atoms with E-state index in [1.165, 1.54) is 0 Å². The molecule has 0 aromatic carbocycles. The van der Waals surface area contributed by atoms with E-state index in [0.717, 1.165) is 12.8 Å². The molecule has 0 fully saturated rings. The Kier molecular flexibility index (Phi) is 8.14. The second-order valence-electron chi connectivity index (χ2n) is 4.66. The molecule has 1 aromatic rings. The normalized spacial score (nSPS) is 13.9. The monoisotopic (exact) mass is 317 g/mol. The molecule has 1 N–H and O–H groups in total. The zero-order valence-corrected chi connectivity index (χ0v) is 13.6. The van der Waals surface area contributed by atoms with Crippen LogP contribution in [-0.4, -0.2) is 45.8 Å². The van der Waals surface area contributed by atoms with E-state index in [-0.39, 0.29) is 11.7 Å². The topological polar surface area (TPSA) is 94.3 Å². The SMILES string of the molecule is CCCc1nc(CS(=O)C(C)C(=O)NCCCOC)no1. The molecule has 0 bridgehead atoms. The Morgan fingerprint density at radius 2 is 2.29 bits per heavy atom. The lowest BCUT2D eigenvalue weighted by Crippen LogP contribution is -2.36. The van der Waals surface area contributed by atoms with Gasteiger partial charge in [-0.3, -0.25) is 9.00 Å². The van der Waals surface area contributed by atoms with Crippen molar-refractivity contribution in [2.75, 3.05) is 20.3 Å². The number of aryl methyl sites for hydroxylation is 1. The Bertz CT molecular complexity index is 464. The van der Waals surface area contributed by atoms with Crippen molar-refractivity contribution in [1.29, 1.82) is 0 Å². The lowest BCUT2D eigenvalue weighted by Gasteiger charge is -2.10. The summed E-state index contributed by atoms with van der Waals surface area (Å²) in [4.78, 5) is 16.0. The Morgan fingerprint density at radius 3 is 2.95 bits per heavy atom. The maximum absolute atomic E-state index is 12.1. The number of hydrogen-bond donors (Lipinski definition) is 1. The molecule has 120 valence electrons. The van der Waals surface area contributed by atoms with E-state index >= 15 is 0 Å². The molecule has 0 aliphatic carbocycles. The second-order valence-corrected chi connectivity index (χ2v) is 6.42. The molecule has 2 unspecified atom stereocenters. The third-order valence-corrected chi connectivity index (χ3v) is 4.38. The van der Waals surface area contributed by atoms with Crippen LogP contribution in [-0.2, 0) is 32.5 Å². The molecule has 8 heteroatoms. The number of nitrogens with zero attached hydrogens (tertiary/aromatic N) is 2. The molecule has 0 saturated carbocycles. The Balaban J connectivity index is 2.40. The van der Waals surface area contributed by atoms with Gasteiger partial charge < -0.3 is 14.6 Å². The Labute approximate surface area is 127 Å². The van der Waals surface area contributed by atoms with E-state index in [1.807, 2.05) is 6.92 Å². The van der Waals surface area contributed by atoms with Crippen LogP contribution in [0.25, 0.3) is 0 Å². The van der Waals surface area contributed by atoms with Gasteiger partial charge >= 0.3 is 0 Å². The third kappa shape index (κ3) is 6.34. The van der Waals surface area contributed by atoms with Crippen LogP contribution in [0, 0.1) is 0 Å². The minimum Gasteiger partial charge on any atom is -0.385 e. The van der Waals surface area contributed by atoms with Crippen LogP contribution in [0.2, 0.25) is 0 Å². The number of hydrogen-bond acceptors (Lipinski definition) is 6. The zero-order valence-electron chi connectivity index (χ0n) is 12.8. The van der Waals surface area contributed by atoms with Gasteiger partial charge in [0.1, 0.15) is 5.25 Å². The second kappa shape index (κ2) is 9.62. The number of carbonyl (C=O) groups excluding carboxylic acids is 1. The van der Waals surface area contributed by atoms with Crippen molar-refractivity contribution in [3.8, 4) is 0 Å². The number of methoxy groups -OCH3 is 1. The first-order chi connectivity index (χ1) is 10.1. The van der Waals surface area contributed by atoms with Crippen LogP contribution in [0.4, 0.5) is 0 Å². The molecule has 1 amide bonds. The molecule has 1 rings (SSSR count). The minimum absolute atomic E-state index is 0.125. The van der Waals surface area contributed by atoms with Crippen molar-refractivity contribution < 1.29 is 18.3 Å². The molecule has 1 aromatic heterocycles. The summed E-state index contributed by atoms with van der Waals surface area (Å²) in [5.41, 5.74) is 0. The van der Waals surface area contributed by atoms with Gasteiger partial charge in [0.2, 0.25) is 11.8 Å². The highest BCUT2D eigenvalue weighted by atomic mass is 32.2. The van der Waals surface area contributed by atoms with Gasteiger partial charge in [-0.15, -0.1) is 0 Å². The quantitative estimate of drug-likeness (QED) is 0.642. The van der Waals surface area contributed by atoms with E-state index < -0.39 is 16.0 Å². The highest BCUT2D eigenvalue weighted by Crippen LogP contribution is 2.06. The lowest BCUT2D eigenvalue weighted by atomic mass is 10.3. The predicted molar refractivity (Wildman–Crippen MR) is 79.1 cm³/mol. The number of rotatable bonds is 10. The average Bonchev–Trinajstić information content (AvgIpc) is 2.90. The van der Waals surface area contributed by atoms with Gasteiger partial charge in [-0.05, 0) is 19.8 Å². The fourth-order valence-electron chi connectivity index (χ4n) is 1.61. The zero-order chi connectivity index (χ0) is 15.7. The number of amides is 1. The molecule has 2 atom stereocenters. The summed E-state index contributed by atoms with van der Waals surface area (Å²) in [6, 6.07) is 0. The summed E-state index contributed by atoms with van der Waals surface area (Å²) < 4.78 is 22.0. The van der Waals surface area contributed by atoms with E-state index in [2.05, 4.69) is 15.5 Å². The maximum atomic E-state index is 12.1. The molecule has 1 heterocycles. The van der Waals surface area contributed by atoms with Gasteiger partial charge in [0.15, 0.2) is 5.82 Å². The summed E-state index contributed by atoms with van der Waals surface area (Å²) in [5.74, 6) is 0.818. The first-order valence-electron chi connectivity index (χ1n) is 7.03. The Hall–Kier alpha value is -1.28. The van der Waals surface area contributed by atoms with Crippen molar-refractivity contribution in [3.05, 3.63) is 11.7 Å². The van der Waals surface area contributed by atoms with Crippen LogP contribution in [0.3, 0.4) is 0 Å². The van der Waals surface area contributed by atoms with E-state index in [0.29, 0.717) is 31.3 Å². The smallest absolute Gasteiger partial charge is 0.235 e. The van der Waals surface area contributed by atoms with E-state index in [9.17, 15) is 9.00 Å². The summed E-state index contributed by atoms with van der Waals surface area (Å²) in [6.45, 7) is 4.74. The van der Waals surface area contributed by atoms with Crippen LogP contribution >= 0.6 is 0 Å². The first-order valence-corrected chi connectivity index (χ1v) is 8.42. The van der Waals surface area contributed by atoms with Gasteiger partial charge in [-0.25, -0.2) is 0 Å². The molecule has 0 saturated heterocycles. The Morgan fingerprint density at radius 1 is 1.52 bits per heavy atom. The number of carbonyl (C=O) groups is 1. The molecule has 0 aliphatic rings. The van der Waals surface area contributed by atoms with Crippen molar-refractivity contribution >= 4 is 16.7 Å². The summed E-state index contributed by atoms with van der Waals surface area (Å²) in [5, 5.41) is 5.90. The average molecular weight is 317 g/mol. The fraction of sp³-hybridized carbons (Fsp3) is 0.769. The van der Waals surface area contributed by atoms with Gasteiger partial charge in [0.05, 0.1) is 5.75 Å². The highest BCUT2D eigenvalue weighted by Gasteiger charge is 2.21. The molecular weight excluding hydrogens is 294 g/mol. The minimum atomic E-state index is -1.37. The van der Waals surface area contributed by atoms with Crippen molar-refractivity contribution in [3.63, 3.8) is 0 Å². The van der Waals surface area contributed by atoms with Crippen molar-refractivity contribution in [1.82, 2.24) is 15.5 Å². The van der Waals surface area contributed by atoms with Crippen molar-refractivity contribution in [2.24, 2.45) is 0 Å². The van der Waals surface area contributed by atoms with Crippen molar-refractivity contribution in [2.45, 2.75) is 44.1 Å². The third-order valence-electron chi connectivity index (χ3n) is 2.83. The van der Waals surface area contributed by atoms with Crippen LogP contribution < -0.4 is 5.32 Å². The molecule has 0 radical (unpaired) electrons. The summed E-state index contributed by atoms with van der Waals surface area (Å²) in [6.07, 6.45) is 2.34. The van der Waals surface area contributed by atoms with Crippen LogP contribution in [0.1, 0.15) is 38.4 Å². The molecule has 7 nitrogen and oxygen atoms in total. The van der Waals surface area contributed by atoms with E-state index in [4.69, 9.17) is 9.26 Å². The molecule has 0 aliphatic heterocycles. The van der Waals surface area contributed by atoms with Gasteiger partial charge in [-0.1, -0.05) is 12.1 Å². The molecular formula is C13H23N3O4S. The van der Waals surface area contributed by atoms with Crippen LogP contribution in [0.5, 0.6) is 0 Å².